The Bertz CT molecular complexity index is 1040. The van der Waals surface area contributed by atoms with Gasteiger partial charge in [0.2, 0.25) is 0 Å². The summed E-state index contributed by atoms with van der Waals surface area (Å²) in [6.45, 7) is 7.13. The summed E-state index contributed by atoms with van der Waals surface area (Å²) >= 11 is 0. The van der Waals surface area contributed by atoms with Gasteiger partial charge in [-0.2, -0.15) is 10.4 Å². The standard InChI is InChI=1S/C23H29FN6O3/c1-23(2,3)9-11-33-22(32)29-10-8-15(12-25)19(14-29)30-13-18(20(26)31)21(28-30)27-17-6-4-16(24)5-7-17/h4-7,13,15,19H,8-11,14H2,1-3H3,(H2,26,31)(H,27,28). The van der Waals surface area contributed by atoms with Crippen molar-refractivity contribution in [2.75, 3.05) is 25.0 Å². The number of anilines is 2. The minimum Gasteiger partial charge on any atom is -0.449 e. The summed E-state index contributed by atoms with van der Waals surface area (Å²) in [6.07, 6.45) is 2.21. The second-order valence-electron chi connectivity index (χ2n) is 9.33. The summed E-state index contributed by atoms with van der Waals surface area (Å²) < 4.78 is 20.1. The highest BCUT2D eigenvalue weighted by Crippen LogP contribution is 2.30. The van der Waals surface area contributed by atoms with E-state index in [4.69, 9.17) is 10.5 Å². The van der Waals surface area contributed by atoms with Gasteiger partial charge in [0.25, 0.3) is 5.91 Å². The molecule has 176 valence electrons. The maximum Gasteiger partial charge on any atom is 0.409 e. The molecule has 10 heteroatoms. The zero-order valence-corrected chi connectivity index (χ0v) is 19.0. The molecule has 1 aliphatic heterocycles. The number of carbonyl (C=O) groups is 2. The second kappa shape index (κ2) is 9.90. The van der Waals surface area contributed by atoms with E-state index < -0.39 is 29.8 Å². The lowest BCUT2D eigenvalue weighted by Gasteiger charge is -2.35. The van der Waals surface area contributed by atoms with Gasteiger partial charge in [0.15, 0.2) is 5.82 Å². The molecule has 1 aromatic carbocycles. The minimum atomic E-state index is -0.700. The van der Waals surface area contributed by atoms with Gasteiger partial charge in [-0.1, -0.05) is 20.8 Å². The fraction of sp³-hybridized carbons (Fsp3) is 0.478. The van der Waals surface area contributed by atoms with Crippen LogP contribution < -0.4 is 11.1 Å². The highest BCUT2D eigenvalue weighted by molar-refractivity contribution is 5.98. The fourth-order valence-corrected chi connectivity index (χ4v) is 3.56. The molecule has 0 radical (unpaired) electrons. The van der Waals surface area contributed by atoms with E-state index >= 15 is 0 Å². The Morgan fingerprint density at radius 2 is 2.03 bits per heavy atom. The number of nitrogens with one attached hydrogen (secondary N) is 1. The van der Waals surface area contributed by atoms with Crippen molar-refractivity contribution in [1.29, 1.82) is 5.26 Å². The topological polar surface area (TPSA) is 126 Å². The molecule has 1 aliphatic rings. The van der Waals surface area contributed by atoms with Crippen LogP contribution in [0.1, 0.15) is 50.0 Å². The first kappa shape index (κ1) is 24.0. The van der Waals surface area contributed by atoms with E-state index in [9.17, 15) is 19.2 Å². The van der Waals surface area contributed by atoms with Gasteiger partial charge in [-0.3, -0.25) is 9.48 Å². The average Bonchev–Trinajstić information content (AvgIpc) is 3.18. The maximum atomic E-state index is 13.2. The number of rotatable bonds is 6. The Balaban J connectivity index is 1.78. The van der Waals surface area contributed by atoms with E-state index in [-0.39, 0.29) is 23.3 Å². The summed E-state index contributed by atoms with van der Waals surface area (Å²) in [7, 11) is 0. The highest BCUT2D eigenvalue weighted by Gasteiger charge is 2.35. The van der Waals surface area contributed by atoms with Crippen molar-refractivity contribution < 1.29 is 18.7 Å². The van der Waals surface area contributed by atoms with Crippen LogP contribution in [0.2, 0.25) is 0 Å². The number of amides is 2. The molecule has 0 aliphatic carbocycles. The van der Waals surface area contributed by atoms with Crippen molar-refractivity contribution in [2.45, 2.75) is 39.7 Å². The summed E-state index contributed by atoms with van der Waals surface area (Å²) in [6, 6.07) is 7.35. The van der Waals surface area contributed by atoms with Crippen LogP contribution in [0.5, 0.6) is 0 Å². The van der Waals surface area contributed by atoms with Gasteiger partial charge < -0.3 is 20.7 Å². The third-order valence-electron chi connectivity index (χ3n) is 5.53. The van der Waals surface area contributed by atoms with Crippen molar-refractivity contribution in [3.05, 3.63) is 41.8 Å². The molecule has 3 N–H and O–H groups in total. The first-order valence-corrected chi connectivity index (χ1v) is 10.8. The smallest absolute Gasteiger partial charge is 0.409 e. The van der Waals surface area contributed by atoms with Crippen molar-refractivity contribution >= 4 is 23.5 Å². The molecule has 2 amide bonds. The van der Waals surface area contributed by atoms with Crippen molar-refractivity contribution in [1.82, 2.24) is 14.7 Å². The molecule has 9 nitrogen and oxygen atoms in total. The molecular weight excluding hydrogens is 427 g/mol. The molecule has 0 saturated carbocycles. The summed E-state index contributed by atoms with van der Waals surface area (Å²) in [5, 5.41) is 17.1. The van der Waals surface area contributed by atoms with E-state index in [1.54, 1.807) is 4.90 Å². The predicted molar refractivity (Wildman–Crippen MR) is 120 cm³/mol. The quantitative estimate of drug-likeness (QED) is 0.680. The number of hydrogen-bond donors (Lipinski definition) is 2. The van der Waals surface area contributed by atoms with Gasteiger partial charge in [0.05, 0.1) is 24.6 Å². The third kappa shape index (κ3) is 6.22. The van der Waals surface area contributed by atoms with E-state index in [1.807, 2.05) is 0 Å². The van der Waals surface area contributed by atoms with Gasteiger partial charge in [-0.15, -0.1) is 0 Å². The molecule has 1 saturated heterocycles. The van der Waals surface area contributed by atoms with Crippen LogP contribution in [0.4, 0.5) is 20.7 Å². The SMILES string of the molecule is CC(C)(C)CCOC(=O)N1CCC(C#N)C(n2cc(C(N)=O)c(Nc3ccc(F)cc3)n2)C1. The van der Waals surface area contributed by atoms with E-state index in [1.165, 1.54) is 35.1 Å². The molecular formula is C23H29FN6O3. The molecule has 2 heterocycles. The summed E-state index contributed by atoms with van der Waals surface area (Å²) in [4.78, 5) is 26.1. The Kier molecular flexibility index (Phi) is 7.21. The molecule has 2 unspecified atom stereocenters. The molecule has 33 heavy (non-hydrogen) atoms. The fourth-order valence-electron chi connectivity index (χ4n) is 3.56. The van der Waals surface area contributed by atoms with Crippen LogP contribution in [0.15, 0.2) is 30.5 Å². The Labute approximate surface area is 192 Å². The van der Waals surface area contributed by atoms with Crippen LogP contribution in [0.25, 0.3) is 0 Å². The number of benzene rings is 1. The normalized spacial score (nSPS) is 18.5. The number of nitrogens with two attached hydrogens (primary N) is 1. The Morgan fingerprint density at radius 3 is 2.64 bits per heavy atom. The van der Waals surface area contributed by atoms with Gasteiger partial charge in [0, 0.05) is 25.0 Å². The summed E-state index contributed by atoms with van der Waals surface area (Å²) in [5.41, 5.74) is 6.22. The van der Waals surface area contributed by atoms with Crippen LogP contribution >= 0.6 is 0 Å². The van der Waals surface area contributed by atoms with Crippen LogP contribution in [-0.4, -0.2) is 46.4 Å². The van der Waals surface area contributed by atoms with Gasteiger partial charge in [-0.25, -0.2) is 9.18 Å². The third-order valence-corrected chi connectivity index (χ3v) is 5.53. The lowest BCUT2D eigenvalue weighted by atomic mass is 9.93. The van der Waals surface area contributed by atoms with E-state index in [0.29, 0.717) is 25.3 Å². The zero-order valence-electron chi connectivity index (χ0n) is 19.0. The van der Waals surface area contributed by atoms with Gasteiger partial charge >= 0.3 is 6.09 Å². The second-order valence-corrected chi connectivity index (χ2v) is 9.33. The molecule has 2 atom stereocenters. The molecule has 0 spiro atoms. The predicted octanol–water partition coefficient (Wildman–Crippen LogP) is 3.82. The minimum absolute atomic E-state index is 0.0464. The molecule has 1 fully saturated rings. The Morgan fingerprint density at radius 1 is 1.33 bits per heavy atom. The number of nitriles is 1. The number of hydrogen-bond acceptors (Lipinski definition) is 6. The number of primary amides is 1. The lowest BCUT2D eigenvalue weighted by molar-refractivity contribution is 0.0692. The number of aromatic nitrogens is 2. The van der Waals surface area contributed by atoms with Gasteiger partial charge in [0.1, 0.15) is 11.4 Å². The average molecular weight is 457 g/mol. The molecule has 1 aromatic heterocycles. The number of likely N-dealkylation sites (tertiary alicyclic amines) is 1. The van der Waals surface area contributed by atoms with Crippen LogP contribution in [-0.2, 0) is 4.74 Å². The zero-order chi connectivity index (χ0) is 24.2. The van der Waals surface area contributed by atoms with Gasteiger partial charge in [-0.05, 0) is 42.5 Å². The van der Waals surface area contributed by atoms with Crippen molar-refractivity contribution in [3.63, 3.8) is 0 Å². The summed E-state index contributed by atoms with van der Waals surface area (Å²) in [5.74, 6) is -1.32. The van der Waals surface area contributed by atoms with E-state index in [2.05, 4.69) is 37.3 Å². The van der Waals surface area contributed by atoms with E-state index in [0.717, 1.165) is 6.42 Å². The number of nitrogens with zero attached hydrogens (tertiary/aromatic N) is 4. The van der Waals surface area contributed by atoms with Crippen LogP contribution in [0.3, 0.4) is 0 Å². The molecule has 0 bridgehead atoms. The van der Waals surface area contributed by atoms with Crippen LogP contribution in [0, 0.1) is 28.5 Å². The maximum absolute atomic E-state index is 13.2. The first-order valence-electron chi connectivity index (χ1n) is 10.8. The van der Waals surface area contributed by atoms with Crippen molar-refractivity contribution in [2.24, 2.45) is 17.1 Å². The highest BCUT2D eigenvalue weighted by atomic mass is 19.1. The van der Waals surface area contributed by atoms with Crippen molar-refractivity contribution in [3.8, 4) is 6.07 Å². The largest absolute Gasteiger partial charge is 0.449 e. The number of halogens is 1. The number of ether oxygens (including phenoxy) is 1. The monoisotopic (exact) mass is 456 g/mol. The first-order chi connectivity index (χ1) is 15.6. The lowest BCUT2D eigenvalue weighted by Crippen LogP contribution is -2.45. The number of carbonyl (C=O) groups excluding carboxylic acids is 2. The number of piperidine rings is 1. The molecule has 2 aromatic rings. The molecule has 3 rings (SSSR count). The Hall–Kier alpha value is -3.61.